The Morgan fingerprint density at radius 1 is 1.19 bits per heavy atom. The first-order valence-electron chi connectivity index (χ1n) is 7.31. The van der Waals surface area contributed by atoms with E-state index in [1.54, 1.807) is 11.3 Å². The van der Waals surface area contributed by atoms with E-state index in [-0.39, 0.29) is 6.04 Å². The third kappa shape index (κ3) is 3.91. The monoisotopic (exact) mass is 305 g/mol. The summed E-state index contributed by atoms with van der Waals surface area (Å²) in [5, 5.41) is 7.59. The number of rotatable bonds is 6. The fourth-order valence-electron chi connectivity index (χ4n) is 1.90. The Labute approximate surface area is 130 Å². The largest absolute Gasteiger partial charge is 0.373 e. The van der Waals surface area contributed by atoms with Gasteiger partial charge >= 0.3 is 0 Å². The molecule has 0 amide bonds. The molecule has 0 fully saturated rings. The predicted molar refractivity (Wildman–Crippen MR) is 89.2 cm³/mol. The molecule has 1 atom stereocenters. The lowest BCUT2D eigenvalue weighted by Crippen LogP contribution is -2.11. The Kier molecular flexibility index (Phi) is 5.12. The van der Waals surface area contributed by atoms with E-state index in [0.717, 1.165) is 28.9 Å². The van der Waals surface area contributed by atoms with E-state index in [0.29, 0.717) is 5.92 Å². The summed E-state index contributed by atoms with van der Waals surface area (Å²) < 4.78 is 0. The standard InChI is InChI=1S/C15H23N5S/c1-6-11-8-17-15(21-11)10(4)18-13-7-12(16-5)19-14(20-13)9(2)3/h7-10H,6H2,1-5H3,(H2,16,18,19,20). The van der Waals surface area contributed by atoms with Gasteiger partial charge in [0, 0.05) is 30.1 Å². The molecule has 0 bridgehead atoms. The van der Waals surface area contributed by atoms with Crippen molar-refractivity contribution in [2.24, 2.45) is 0 Å². The lowest BCUT2D eigenvalue weighted by atomic mass is 10.2. The van der Waals surface area contributed by atoms with Gasteiger partial charge in [-0.3, -0.25) is 0 Å². The summed E-state index contributed by atoms with van der Waals surface area (Å²) in [4.78, 5) is 14.8. The highest BCUT2D eigenvalue weighted by Crippen LogP contribution is 2.25. The summed E-state index contributed by atoms with van der Waals surface area (Å²) in [7, 11) is 1.87. The van der Waals surface area contributed by atoms with E-state index in [2.05, 4.69) is 53.3 Å². The maximum Gasteiger partial charge on any atom is 0.135 e. The summed E-state index contributed by atoms with van der Waals surface area (Å²) >= 11 is 1.75. The highest BCUT2D eigenvalue weighted by atomic mass is 32.1. The average Bonchev–Trinajstić information content (AvgIpc) is 2.95. The molecule has 6 heteroatoms. The normalized spacial score (nSPS) is 12.5. The van der Waals surface area contributed by atoms with Crippen molar-refractivity contribution >= 4 is 23.0 Å². The molecule has 2 rings (SSSR count). The van der Waals surface area contributed by atoms with Crippen molar-refractivity contribution in [1.82, 2.24) is 15.0 Å². The second kappa shape index (κ2) is 6.85. The van der Waals surface area contributed by atoms with Gasteiger partial charge in [-0.15, -0.1) is 11.3 Å². The molecule has 114 valence electrons. The number of nitrogens with one attached hydrogen (secondary N) is 2. The summed E-state index contributed by atoms with van der Waals surface area (Å²) in [5.74, 6) is 2.79. The molecular weight excluding hydrogens is 282 g/mol. The van der Waals surface area contributed by atoms with Gasteiger partial charge in [-0.25, -0.2) is 15.0 Å². The van der Waals surface area contributed by atoms with Gasteiger partial charge < -0.3 is 10.6 Å². The minimum atomic E-state index is 0.134. The average molecular weight is 305 g/mol. The van der Waals surface area contributed by atoms with Crippen LogP contribution >= 0.6 is 11.3 Å². The highest BCUT2D eigenvalue weighted by molar-refractivity contribution is 7.11. The van der Waals surface area contributed by atoms with Crippen molar-refractivity contribution in [2.45, 2.75) is 46.1 Å². The number of aryl methyl sites for hydroxylation is 1. The first-order valence-corrected chi connectivity index (χ1v) is 8.13. The minimum absolute atomic E-state index is 0.134. The molecule has 0 aromatic carbocycles. The van der Waals surface area contributed by atoms with Crippen LogP contribution in [0.1, 0.15) is 55.4 Å². The van der Waals surface area contributed by atoms with Gasteiger partial charge in [0.15, 0.2) is 0 Å². The van der Waals surface area contributed by atoms with Crippen LogP contribution in [0.15, 0.2) is 12.3 Å². The molecule has 0 aliphatic heterocycles. The smallest absolute Gasteiger partial charge is 0.135 e. The van der Waals surface area contributed by atoms with Crippen LogP contribution in [-0.2, 0) is 6.42 Å². The molecule has 0 aliphatic rings. The SMILES string of the molecule is CCc1cnc(C(C)Nc2cc(NC)nc(C(C)C)n2)s1. The second-order valence-electron chi connectivity index (χ2n) is 5.29. The van der Waals surface area contributed by atoms with Crippen LogP contribution in [0.4, 0.5) is 11.6 Å². The van der Waals surface area contributed by atoms with Gasteiger partial charge in [-0.1, -0.05) is 20.8 Å². The number of thiazole rings is 1. The Morgan fingerprint density at radius 2 is 1.90 bits per heavy atom. The summed E-state index contributed by atoms with van der Waals surface area (Å²) in [6.45, 7) is 8.44. The number of nitrogens with zero attached hydrogens (tertiary/aromatic N) is 3. The molecule has 2 N–H and O–H groups in total. The molecule has 2 heterocycles. The Hall–Kier alpha value is -1.69. The number of hydrogen-bond acceptors (Lipinski definition) is 6. The van der Waals surface area contributed by atoms with E-state index in [1.807, 2.05) is 19.3 Å². The van der Waals surface area contributed by atoms with Crippen molar-refractivity contribution in [1.29, 1.82) is 0 Å². The van der Waals surface area contributed by atoms with Gasteiger partial charge in [0.05, 0.1) is 6.04 Å². The fourth-order valence-corrected chi connectivity index (χ4v) is 2.76. The predicted octanol–water partition coefficient (Wildman–Crippen LogP) is 3.83. The maximum atomic E-state index is 4.59. The van der Waals surface area contributed by atoms with E-state index >= 15 is 0 Å². The van der Waals surface area contributed by atoms with Crippen LogP contribution < -0.4 is 10.6 Å². The molecule has 0 radical (unpaired) electrons. The number of aromatic nitrogens is 3. The first-order chi connectivity index (χ1) is 10.0. The fraction of sp³-hybridized carbons (Fsp3) is 0.533. The summed E-state index contributed by atoms with van der Waals surface area (Å²) in [5.41, 5.74) is 0. The molecule has 2 aromatic rings. The molecule has 0 spiro atoms. The van der Waals surface area contributed by atoms with Gasteiger partial charge in [0.2, 0.25) is 0 Å². The zero-order chi connectivity index (χ0) is 15.4. The van der Waals surface area contributed by atoms with Gasteiger partial charge in [-0.05, 0) is 13.3 Å². The van der Waals surface area contributed by atoms with Crippen molar-refractivity contribution in [3.8, 4) is 0 Å². The lowest BCUT2D eigenvalue weighted by molar-refractivity contribution is 0.769. The van der Waals surface area contributed by atoms with Crippen LogP contribution in [0.2, 0.25) is 0 Å². The Bertz CT molecular complexity index is 593. The van der Waals surface area contributed by atoms with Crippen LogP contribution in [0.5, 0.6) is 0 Å². The van der Waals surface area contributed by atoms with Crippen molar-refractivity contribution in [3.63, 3.8) is 0 Å². The van der Waals surface area contributed by atoms with Crippen molar-refractivity contribution in [3.05, 3.63) is 28.0 Å². The lowest BCUT2D eigenvalue weighted by Gasteiger charge is -2.15. The molecule has 21 heavy (non-hydrogen) atoms. The number of hydrogen-bond donors (Lipinski definition) is 2. The maximum absolute atomic E-state index is 4.59. The van der Waals surface area contributed by atoms with Gasteiger partial charge in [0.1, 0.15) is 22.5 Å². The van der Waals surface area contributed by atoms with Crippen molar-refractivity contribution in [2.75, 3.05) is 17.7 Å². The molecule has 1 unspecified atom stereocenters. The number of anilines is 2. The van der Waals surface area contributed by atoms with Crippen LogP contribution in [0.3, 0.4) is 0 Å². The Morgan fingerprint density at radius 3 is 2.48 bits per heavy atom. The molecule has 0 saturated heterocycles. The zero-order valence-electron chi connectivity index (χ0n) is 13.3. The van der Waals surface area contributed by atoms with E-state index < -0.39 is 0 Å². The van der Waals surface area contributed by atoms with Crippen LogP contribution in [0, 0.1) is 0 Å². The molecule has 0 aliphatic carbocycles. The van der Waals surface area contributed by atoms with Crippen molar-refractivity contribution < 1.29 is 0 Å². The summed E-state index contributed by atoms with van der Waals surface area (Å²) in [6.07, 6.45) is 2.98. The van der Waals surface area contributed by atoms with Crippen LogP contribution in [-0.4, -0.2) is 22.0 Å². The third-order valence-corrected chi connectivity index (χ3v) is 4.50. The minimum Gasteiger partial charge on any atom is -0.373 e. The van der Waals surface area contributed by atoms with Crippen LogP contribution in [0.25, 0.3) is 0 Å². The molecule has 5 nitrogen and oxygen atoms in total. The Balaban J connectivity index is 2.19. The van der Waals surface area contributed by atoms with Gasteiger partial charge in [-0.2, -0.15) is 0 Å². The summed E-state index contributed by atoms with van der Waals surface area (Å²) in [6, 6.07) is 2.06. The van der Waals surface area contributed by atoms with E-state index in [4.69, 9.17) is 0 Å². The molecular formula is C15H23N5S. The zero-order valence-corrected chi connectivity index (χ0v) is 14.1. The highest BCUT2D eigenvalue weighted by Gasteiger charge is 2.13. The van der Waals surface area contributed by atoms with Gasteiger partial charge in [0.25, 0.3) is 0 Å². The molecule has 2 aromatic heterocycles. The molecule has 0 saturated carbocycles. The quantitative estimate of drug-likeness (QED) is 0.849. The topological polar surface area (TPSA) is 62.7 Å². The van der Waals surface area contributed by atoms with E-state index in [1.165, 1.54) is 4.88 Å². The third-order valence-electron chi connectivity index (χ3n) is 3.17. The second-order valence-corrected chi connectivity index (χ2v) is 6.43. The van der Waals surface area contributed by atoms with E-state index in [9.17, 15) is 0 Å². The first kappa shape index (κ1) is 15.7.